The minimum Gasteiger partial charge on any atom is -0.479 e. The largest absolute Gasteiger partial charge is 0.479 e. The van der Waals surface area contributed by atoms with Crippen LogP contribution in [0, 0.1) is 0 Å². The lowest BCUT2D eigenvalue weighted by Crippen LogP contribution is -2.33. The molecule has 2 atom stereocenters. The van der Waals surface area contributed by atoms with E-state index in [1.165, 1.54) is 0 Å². The van der Waals surface area contributed by atoms with Crippen molar-refractivity contribution >= 4 is 11.9 Å². The van der Waals surface area contributed by atoms with Gasteiger partial charge in [0.05, 0.1) is 0 Å². The summed E-state index contributed by atoms with van der Waals surface area (Å²) in [5, 5.41) is 29.4. The first-order valence-electron chi connectivity index (χ1n) is 5.44. The van der Waals surface area contributed by atoms with Crippen LogP contribution in [0.1, 0.15) is 18.1 Å². The first-order valence-corrected chi connectivity index (χ1v) is 5.44. The number of aliphatic carboxylic acids is 1. The maximum absolute atomic E-state index is 11.5. The number of hydrogen-bond donors (Lipinski definition) is 4. The minimum absolute atomic E-state index is 0.0177. The zero-order chi connectivity index (χ0) is 13.5. The number of carboxylic acids is 1. The number of hydrogen-bond acceptors (Lipinski definition) is 4. The SMILES string of the molecule is O=C(O)C(O)CCNC(=O)C(O)c1ccccc1. The minimum atomic E-state index is -1.51. The third kappa shape index (κ3) is 4.15. The quantitative estimate of drug-likeness (QED) is 0.555. The van der Waals surface area contributed by atoms with Gasteiger partial charge in [0.25, 0.3) is 5.91 Å². The van der Waals surface area contributed by atoms with Gasteiger partial charge in [-0.15, -0.1) is 0 Å². The zero-order valence-corrected chi connectivity index (χ0v) is 9.61. The third-order valence-electron chi connectivity index (χ3n) is 2.37. The van der Waals surface area contributed by atoms with Crippen LogP contribution in [-0.4, -0.2) is 39.8 Å². The molecule has 0 radical (unpaired) electrons. The maximum Gasteiger partial charge on any atom is 0.332 e. The van der Waals surface area contributed by atoms with E-state index < -0.39 is 24.1 Å². The van der Waals surface area contributed by atoms with Gasteiger partial charge in [0.15, 0.2) is 12.2 Å². The van der Waals surface area contributed by atoms with Gasteiger partial charge in [-0.25, -0.2) is 4.79 Å². The molecule has 0 saturated heterocycles. The van der Waals surface area contributed by atoms with Gasteiger partial charge in [0.1, 0.15) is 0 Å². The summed E-state index contributed by atoms with van der Waals surface area (Å²) in [6, 6.07) is 8.37. The topological polar surface area (TPSA) is 107 Å². The molecule has 4 N–H and O–H groups in total. The summed E-state index contributed by atoms with van der Waals surface area (Å²) in [4.78, 5) is 21.8. The summed E-state index contributed by atoms with van der Waals surface area (Å²) in [5.74, 6) is -1.97. The number of carbonyl (C=O) groups is 2. The Bertz CT molecular complexity index is 406. The molecule has 6 nitrogen and oxygen atoms in total. The highest BCUT2D eigenvalue weighted by Gasteiger charge is 2.18. The van der Waals surface area contributed by atoms with E-state index >= 15 is 0 Å². The van der Waals surface area contributed by atoms with Crippen molar-refractivity contribution in [2.24, 2.45) is 0 Å². The molecule has 0 spiro atoms. The molecular formula is C12H15NO5. The fraction of sp³-hybridized carbons (Fsp3) is 0.333. The van der Waals surface area contributed by atoms with Gasteiger partial charge >= 0.3 is 5.97 Å². The highest BCUT2D eigenvalue weighted by Crippen LogP contribution is 2.11. The van der Waals surface area contributed by atoms with Crippen molar-refractivity contribution in [3.63, 3.8) is 0 Å². The van der Waals surface area contributed by atoms with Crippen LogP contribution in [0.15, 0.2) is 30.3 Å². The smallest absolute Gasteiger partial charge is 0.332 e. The molecule has 0 aliphatic rings. The average Bonchev–Trinajstić information content (AvgIpc) is 2.38. The molecule has 6 heteroatoms. The van der Waals surface area contributed by atoms with Crippen molar-refractivity contribution in [2.75, 3.05) is 6.54 Å². The molecule has 2 unspecified atom stereocenters. The second kappa shape index (κ2) is 6.73. The van der Waals surface area contributed by atoms with Crippen molar-refractivity contribution in [1.82, 2.24) is 5.32 Å². The molecule has 98 valence electrons. The van der Waals surface area contributed by atoms with Crippen molar-refractivity contribution in [2.45, 2.75) is 18.6 Å². The number of nitrogens with one attached hydrogen (secondary N) is 1. The van der Waals surface area contributed by atoms with Crippen LogP contribution in [0.5, 0.6) is 0 Å². The Labute approximate surface area is 104 Å². The lowest BCUT2D eigenvalue weighted by Gasteiger charge is -2.12. The standard InChI is InChI=1S/C12H15NO5/c14-9(12(17)18)6-7-13-11(16)10(15)8-4-2-1-3-5-8/h1-5,9-10,14-15H,6-7H2,(H,13,16)(H,17,18). The molecule has 0 aliphatic carbocycles. The number of aliphatic hydroxyl groups is 2. The van der Waals surface area contributed by atoms with Gasteiger partial charge in [0.2, 0.25) is 0 Å². The summed E-state index contributed by atoms with van der Waals surface area (Å²) in [6.45, 7) is -0.0177. The summed E-state index contributed by atoms with van der Waals surface area (Å²) in [7, 11) is 0. The molecule has 0 aromatic heterocycles. The monoisotopic (exact) mass is 253 g/mol. The molecule has 1 rings (SSSR count). The van der Waals surface area contributed by atoms with Crippen molar-refractivity contribution in [3.05, 3.63) is 35.9 Å². The van der Waals surface area contributed by atoms with Crippen LogP contribution in [-0.2, 0) is 9.59 Å². The number of aliphatic hydroxyl groups excluding tert-OH is 2. The van der Waals surface area contributed by atoms with E-state index in [0.29, 0.717) is 5.56 Å². The fourth-order valence-electron chi connectivity index (χ4n) is 1.34. The first-order chi connectivity index (χ1) is 8.52. The highest BCUT2D eigenvalue weighted by atomic mass is 16.4. The number of carbonyl (C=O) groups excluding carboxylic acids is 1. The summed E-state index contributed by atoms with van der Waals surface area (Å²) >= 11 is 0. The van der Waals surface area contributed by atoms with E-state index in [1.807, 2.05) is 0 Å². The molecule has 18 heavy (non-hydrogen) atoms. The maximum atomic E-state index is 11.5. The van der Waals surface area contributed by atoms with Crippen LogP contribution in [0.4, 0.5) is 0 Å². The summed E-state index contributed by atoms with van der Waals surface area (Å²) in [5.41, 5.74) is 0.453. The molecule has 0 saturated carbocycles. The molecule has 1 amide bonds. The molecule has 1 aromatic rings. The summed E-state index contributed by atoms with van der Waals surface area (Å²) < 4.78 is 0. The third-order valence-corrected chi connectivity index (χ3v) is 2.37. The molecule has 1 aromatic carbocycles. The Kier molecular flexibility index (Phi) is 5.29. The molecular weight excluding hydrogens is 238 g/mol. The van der Waals surface area contributed by atoms with E-state index in [0.717, 1.165) is 0 Å². The predicted octanol–water partition coefficient (Wildman–Crippen LogP) is -0.328. The van der Waals surface area contributed by atoms with Gasteiger partial charge in [-0.05, 0) is 5.56 Å². The van der Waals surface area contributed by atoms with Crippen molar-refractivity contribution < 1.29 is 24.9 Å². The van der Waals surface area contributed by atoms with Crippen LogP contribution in [0.2, 0.25) is 0 Å². The molecule has 0 aliphatic heterocycles. The van der Waals surface area contributed by atoms with Crippen LogP contribution in [0.3, 0.4) is 0 Å². The van der Waals surface area contributed by atoms with Gasteiger partial charge in [0, 0.05) is 13.0 Å². The summed E-state index contributed by atoms with van der Waals surface area (Å²) in [6.07, 6.45) is -2.92. The number of carboxylic acid groups (broad SMARTS) is 1. The average molecular weight is 253 g/mol. The second-order valence-corrected chi connectivity index (χ2v) is 3.75. The van der Waals surface area contributed by atoms with Crippen molar-refractivity contribution in [3.8, 4) is 0 Å². The van der Waals surface area contributed by atoms with E-state index in [2.05, 4.69) is 5.32 Å². The molecule has 0 bridgehead atoms. The van der Waals surface area contributed by atoms with Gasteiger partial charge in [-0.2, -0.15) is 0 Å². The second-order valence-electron chi connectivity index (χ2n) is 3.75. The van der Waals surface area contributed by atoms with E-state index in [-0.39, 0.29) is 13.0 Å². The van der Waals surface area contributed by atoms with Gasteiger partial charge in [-0.1, -0.05) is 30.3 Å². The highest BCUT2D eigenvalue weighted by molar-refractivity contribution is 5.81. The number of benzene rings is 1. The normalized spacial score (nSPS) is 13.7. The Balaban J connectivity index is 2.40. The zero-order valence-electron chi connectivity index (χ0n) is 9.61. The van der Waals surface area contributed by atoms with Gasteiger partial charge in [-0.3, -0.25) is 4.79 Å². The number of amides is 1. The van der Waals surface area contributed by atoms with Crippen LogP contribution < -0.4 is 5.32 Å². The van der Waals surface area contributed by atoms with Gasteiger partial charge < -0.3 is 20.6 Å². The number of rotatable bonds is 6. The fourth-order valence-corrected chi connectivity index (χ4v) is 1.34. The Morgan fingerprint density at radius 3 is 2.33 bits per heavy atom. The molecule has 0 heterocycles. The first kappa shape index (κ1) is 14.1. The van der Waals surface area contributed by atoms with Crippen LogP contribution >= 0.6 is 0 Å². The van der Waals surface area contributed by atoms with E-state index in [9.17, 15) is 14.7 Å². The lowest BCUT2D eigenvalue weighted by atomic mass is 10.1. The lowest BCUT2D eigenvalue weighted by molar-refractivity contribution is -0.147. The van der Waals surface area contributed by atoms with Crippen LogP contribution in [0.25, 0.3) is 0 Å². The molecule has 0 fully saturated rings. The van der Waals surface area contributed by atoms with E-state index in [4.69, 9.17) is 10.2 Å². The Morgan fingerprint density at radius 2 is 1.78 bits per heavy atom. The predicted molar refractivity (Wildman–Crippen MR) is 62.7 cm³/mol. The van der Waals surface area contributed by atoms with E-state index in [1.54, 1.807) is 30.3 Å². The van der Waals surface area contributed by atoms with Crippen molar-refractivity contribution in [1.29, 1.82) is 0 Å². The Hall–Kier alpha value is -1.92. The Morgan fingerprint density at radius 1 is 1.17 bits per heavy atom.